The summed E-state index contributed by atoms with van der Waals surface area (Å²) in [6.07, 6.45) is 1.69. The highest BCUT2D eigenvalue weighted by atomic mass is 28.3. The van der Waals surface area contributed by atoms with E-state index in [1.54, 1.807) is 10.9 Å². The third-order valence-corrected chi connectivity index (χ3v) is 5.31. The van der Waals surface area contributed by atoms with Crippen LogP contribution < -0.4 is 4.74 Å². The largest absolute Gasteiger partial charge is 0.504 e. The van der Waals surface area contributed by atoms with Crippen molar-refractivity contribution in [2.75, 3.05) is 20.8 Å². The molecule has 2 aromatic rings. The van der Waals surface area contributed by atoms with Gasteiger partial charge in [-0.15, -0.1) is 0 Å². The fraction of sp³-hybridized carbons (Fsp3) is 0.500. The maximum absolute atomic E-state index is 11.9. The van der Waals surface area contributed by atoms with E-state index in [4.69, 9.17) is 14.2 Å². The number of carbonyl (C=O) groups excluding carboxylic acids is 1. The lowest BCUT2D eigenvalue weighted by molar-refractivity contribution is 0.0601. The quantitative estimate of drug-likeness (QED) is 0.469. The molecular formula is C16H24N2O5Si. The molecule has 0 saturated carbocycles. The van der Waals surface area contributed by atoms with Crippen LogP contribution in [0.5, 0.6) is 11.5 Å². The van der Waals surface area contributed by atoms with Gasteiger partial charge in [-0.1, -0.05) is 19.6 Å². The average Bonchev–Trinajstić information content (AvgIpc) is 2.93. The van der Waals surface area contributed by atoms with E-state index in [0.29, 0.717) is 17.5 Å². The van der Waals surface area contributed by atoms with E-state index in [9.17, 15) is 9.90 Å². The minimum absolute atomic E-state index is 0.135. The number of methoxy groups -OCH3 is 2. The number of esters is 1. The number of nitrogens with zero attached hydrogens (tertiary/aromatic N) is 2. The van der Waals surface area contributed by atoms with Crippen molar-refractivity contribution >= 4 is 24.9 Å². The SMILES string of the molecule is COC(=O)c1cc(O)c(OC)c2cn(COCC[Si](C)(C)C)nc12. The first-order valence-electron chi connectivity index (χ1n) is 7.70. The lowest BCUT2D eigenvalue weighted by atomic mass is 10.1. The molecule has 0 radical (unpaired) electrons. The Labute approximate surface area is 142 Å². The Hall–Kier alpha value is -2.06. The Bertz CT molecular complexity index is 736. The Morgan fingerprint density at radius 3 is 2.62 bits per heavy atom. The van der Waals surface area contributed by atoms with Crippen LogP contribution in [0.4, 0.5) is 0 Å². The van der Waals surface area contributed by atoms with Gasteiger partial charge in [-0.3, -0.25) is 0 Å². The molecule has 0 aliphatic carbocycles. The van der Waals surface area contributed by atoms with Crippen LogP contribution in [0.2, 0.25) is 25.7 Å². The summed E-state index contributed by atoms with van der Waals surface area (Å²) in [6.45, 7) is 7.79. The molecule has 0 saturated heterocycles. The predicted molar refractivity (Wildman–Crippen MR) is 93.4 cm³/mol. The molecule has 0 unspecified atom stereocenters. The molecular weight excluding hydrogens is 328 g/mol. The summed E-state index contributed by atoms with van der Waals surface area (Å²) < 4.78 is 17.2. The van der Waals surface area contributed by atoms with Gasteiger partial charge in [0, 0.05) is 26.9 Å². The van der Waals surface area contributed by atoms with Gasteiger partial charge in [-0.05, 0) is 6.04 Å². The number of phenols is 1. The van der Waals surface area contributed by atoms with Crippen LogP contribution in [0.25, 0.3) is 10.9 Å². The van der Waals surface area contributed by atoms with Crippen LogP contribution in [-0.4, -0.2) is 49.8 Å². The Kier molecular flexibility index (Phi) is 5.50. The van der Waals surface area contributed by atoms with Crippen molar-refractivity contribution < 1.29 is 24.1 Å². The number of rotatable bonds is 7. The van der Waals surface area contributed by atoms with Crippen LogP contribution in [-0.2, 0) is 16.2 Å². The number of hydrogen-bond acceptors (Lipinski definition) is 6. The van der Waals surface area contributed by atoms with Crippen LogP contribution in [0.15, 0.2) is 12.3 Å². The van der Waals surface area contributed by atoms with E-state index in [1.807, 2.05) is 0 Å². The first kappa shape index (κ1) is 18.3. The molecule has 0 aliphatic heterocycles. The molecule has 132 valence electrons. The van der Waals surface area contributed by atoms with E-state index in [-0.39, 0.29) is 23.8 Å². The number of ether oxygens (including phenoxy) is 3. The maximum Gasteiger partial charge on any atom is 0.340 e. The zero-order chi connectivity index (χ0) is 17.9. The van der Waals surface area contributed by atoms with Gasteiger partial charge in [-0.2, -0.15) is 5.10 Å². The van der Waals surface area contributed by atoms with Crippen molar-refractivity contribution in [1.82, 2.24) is 9.78 Å². The molecule has 0 aliphatic rings. The van der Waals surface area contributed by atoms with E-state index >= 15 is 0 Å². The monoisotopic (exact) mass is 352 g/mol. The summed E-state index contributed by atoms with van der Waals surface area (Å²) in [5.74, 6) is -0.432. The first-order chi connectivity index (χ1) is 11.3. The van der Waals surface area contributed by atoms with Crippen LogP contribution in [0.3, 0.4) is 0 Å². The summed E-state index contributed by atoms with van der Waals surface area (Å²) in [4.78, 5) is 11.9. The topological polar surface area (TPSA) is 82.8 Å². The summed E-state index contributed by atoms with van der Waals surface area (Å²) in [6, 6.07) is 2.36. The Morgan fingerprint density at radius 2 is 2.04 bits per heavy atom. The minimum atomic E-state index is -1.15. The number of hydrogen-bond donors (Lipinski definition) is 1. The molecule has 7 nitrogen and oxygen atoms in total. The summed E-state index contributed by atoms with van der Waals surface area (Å²) in [5.41, 5.74) is 0.594. The summed E-state index contributed by atoms with van der Waals surface area (Å²) >= 11 is 0. The molecule has 1 N–H and O–H groups in total. The van der Waals surface area contributed by atoms with E-state index < -0.39 is 14.0 Å². The molecule has 1 aromatic heterocycles. The second kappa shape index (κ2) is 7.23. The smallest absolute Gasteiger partial charge is 0.340 e. The number of aromatic nitrogens is 2. The lowest BCUT2D eigenvalue weighted by Gasteiger charge is -2.15. The Balaban J connectivity index is 2.29. The normalized spacial score (nSPS) is 11.7. The lowest BCUT2D eigenvalue weighted by Crippen LogP contribution is -2.22. The third kappa shape index (κ3) is 4.07. The molecule has 1 aromatic carbocycles. The summed E-state index contributed by atoms with van der Waals surface area (Å²) in [5, 5.41) is 15.0. The van der Waals surface area contributed by atoms with Crippen molar-refractivity contribution in [3.05, 3.63) is 17.8 Å². The molecule has 0 spiro atoms. The number of phenolic OH excluding ortho intramolecular Hbond substituents is 1. The van der Waals surface area contributed by atoms with Gasteiger partial charge in [0.05, 0.1) is 25.2 Å². The Morgan fingerprint density at radius 1 is 1.33 bits per heavy atom. The van der Waals surface area contributed by atoms with Gasteiger partial charge in [0.2, 0.25) is 0 Å². The number of fused-ring (bicyclic) bond motifs is 1. The predicted octanol–water partition coefficient (Wildman–Crippen LogP) is 2.85. The molecule has 2 rings (SSSR count). The highest BCUT2D eigenvalue weighted by Gasteiger charge is 2.21. The van der Waals surface area contributed by atoms with Crippen LogP contribution in [0.1, 0.15) is 10.4 Å². The zero-order valence-electron chi connectivity index (χ0n) is 14.8. The number of benzene rings is 1. The maximum atomic E-state index is 11.9. The van der Waals surface area contributed by atoms with Crippen molar-refractivity contribution in [3.8, 4) is 11.5 Å². The molecule has 0 bridgehead atoms. The molecule has 0 amide bonds. The van der Waals surface area contributed by atoms with Gasteiger partial charge in [0.25, 0.3) is 0 Å². The standard InChI is InChI=1S/C16H24N2O5Si/c1-21-15-12-9-18(10-23-6-7-24(3,4)5)17-14(12)11(8-13(15)19)16(20)22-2/h8-9,19H,6-7,10H2,1-5H3. The molecule has 0 fully saturated rings. The van der Waals surface area contributed by atoms with Crippen molar-refractivity contribution in [3.63, 3.8) is 0 Å². The molecule has 8 heteroatoms. The first-order valence-corrected chi connectivity index (χ1v) is 11.4. The summed E-state index contributed by atoms with van der Waals surface area (Å²) in [7, 11) is 1.59. The molecule has 0 atom stereocenters. The van der Waals surface area contributed by atoms with Gasteiger partial charge < -0.3 is 19.3 Å². The van der Waals surface area contributed by atoms with Gasteiger partial charge in [0.1, 0.15) is 12.2 Å². The fourth-order valence-corrected chi connectivity index (χ4v) is 3.03. The van der Waals surface area contributed by atoms with Crippen molar-refractivity contribution in [2.24, 2.45) is 0 Å². The zero-order valence-corrected chi connectivity index (χ0v) is 15.8. The highest BCUT2D eigenvalue weighted by molar-refractivity contribution is 6.76. The number of carbonyl (C=O) groups is 1. The van der Waals surface area contributed by atoms with Gasteiger partial charge >= 0.3 is 5.97 Å². The van der Waals surface area contributed by atoms with E-state index in [2.05, 4.69) is 24.7 Å². The van der Waals surface area contributed by atoms with Crippen LogP contribution in [0, 0.1) is 0 Å². The fourth-order valence-electron chi connectivity index (χ4n) is 2.28. The highest BCUT2D eigenvalue weighted by Crippen LogP contribution is 2.36. The van der Waals surface area contributed by atoms with Crippen LogP contribution >= 0.6 is 0 Å². The number of aromatic hydroxyl groups is 1. The van der Waals surface area contributed by atoms with Crippen molar-refractivity contribution in [1.29, 1.82) is 0 Å². The molecule has 24 heavy (non-hydrogen) atoms. The second-order valence-electron chi connectivity index (χ2n) is 6.75. The van der Waals surface area contributed by atoms with E-state index in [1.165, 1.54) is 20.3 Å². The average molecular weight is 352 g/mol. The third-order valence-electron chi connectivity index (χ3n) is 3.60. The van der Waals surface area contributed by atoms with Crippen molar-refractivity contribution in [2.45, 2.75) is 32.4 Å². The van der Waals surface area contributed by atoms with Gasteiger partial charge in [0.15, 0.2) is 11.5 Å². The second-order valence-corrected chi connectivity index (χ2v) is 12.4. The minimum Gasteiger partial charge on any atom is -0.504 e. The van der Waals surface area contributed by atoms with E-state index in [0.717, 1.165) is 6.04 Å². The molecule has 1 heterocycles. The van der Waals surface area contributed by atoms with Gasteiger partial charge in [-0.25, -0.2) is 9.48 Å².